The third kappa shape index (κ3) is 7.85. The van der Waals surface area contributed by atoms with Crippen LogP contribution < -0.4 is 0 Å². The monoisotopic (exact) mass is 440 g/mol. The Balaban J connectivity index is 1.69. The van der Waals surface area contributed by atoms with Gasteiger partial charge in [-0.1, -0.05) is 36.3 Å². The lowest BCUT2D eigenvalue weighted by molar-refractivity contribution is 0.102. The molecule has 0 spiro atoms. The molecule has 0 radical (unpaired) electrons. The van der Waals surface area contributed by atoms with E-state index < -0.39 is 0 Å². The molecule has 2 rings (SSSR count). The van der Waals surface area contributed by atoms with Crippen molar-refractivity contribution in [1.29, 1.82) is 0 Å². The van der Waals surface area contributed by atoms with E-state index in [4.69, 9.17) is 4.74 Å². The van der Waals surface area contributed by atoms with E-state index in [0.29, 0.717) is 17.4 Å². The summed E-state index contributed by atoms with van der Waals surface area (Å²) in [6.07, 6.45) is 15.7. The van der Waals surface area contributed by atoms with Crippen molar-refractivity contribution in [3.8, 4) is 11.5 Å². The van der Waals surface area contributed by atoms with Crippen molar-refractivity contribution >= 4 is 0 Å². The Morgan fingerprint density at radius 1 is 0.844 bits per heavy atom. The number of allylic oxidation sites excluding steroid dienone is 5. The fraction of sp³-hybridized carbons (Fsp3) is 0.586. The quantitative estimate of drug-likeness (QED) is 0.258. The molecule has 0 saturated carbocycles. The van der Waals surface area contributed by atoms with Gasteiger partial charge in [0.2, 0.25) is 0 Å². The predicted molar refractivity (Wildman–Crippen MR) is 136 cm³/mol. The highest BCUT2D eigenvalue weighted by Crippen LogP contribution is 2.37. The largest absolute Gasteiger partial charge is 0.507 e. The van der Waals surface area contributed by atoms with Gasteiger partial charge in [0.25, 0.3) is 0 Å². The molecule has 32 heavy (non-hydrogen) atoms. The maximum atomic E-state index is 10.5. The minimum Gasteiger partial charge on any atom is -0.507 e. The fourth-order valence-corrected chi connectivity index (χ4v) is 4.23. The van der Waals surface area contributed by atoms with Crippen molar-refractivity contribution in [3.05, 3.63) is 57.2 Å². The van der Waals surface area contributed by atoms with Crippen molar-refractivity contribution < 1.29 is 14.9 Å². The second-order valence-corrected chi connectivity index (χ2v) is 9.81. The van der Waals surface area contributed by atoms with E-state index in [1.54, 1.807) is 0 Å². The molecule has 178 valence electrons. The summed E-state index contributed by atoms with van der Waals surface area (Å²) in [6.45, 7) is 14.1. The molecule has 2 N–H and O–H groups in total. The molecule has 0 unspecified atom stereocenters. The number of benzene rings is 1. The van der Waals surface area contributed by atoms with Gasteiger partial charge in [-0.15, -0.1) is 0 Å². The third-order valence-corrected chi connectivity index (χ3v) is 6.98. The molecule has 0 aromatic heterocycles. The zero-order chi connectivity index (χ0) is 23.7. The lowest BCUT2D eigenvalue weighted by atomic mass is 9.91. The van der Waals surface area contributed by atoms with Crippen LogP contribution in [0.4, 0.5) is 0 Å². The Morgan fingerprint density at radius 2 is 1.44 bits per heavy atom. The van der Waals surface area contributed by atoms with Gasteiger partial charge in [-0.25, -0.2) is 0 Å². The van der Waals surface area contributed by atoms with Crippen molar-refractivity contribution in [2.24, 2.45) is 5.92 Å². The molecule has 1 saturated heterocycles. The molecular weight excluding hydrogens is 396 g/mol. The lowest BCUT2D eigenvalue weighted by Crippen LogP contribution is -2.15. The smallest absolute Gasteiger partial charge is 0.122 e. The summed E-state index contributed by atoms with van der Waals surface area (Å²) in [5.74, 6) is 1.27. The van der Waals surface area contributed by atoms with E-state index in [-0.39, 0.29) is 0 Å². The molecule has 1 atom stereocenters. The number of hydrogen-bond acceptors (Lipinski definition) is 3. The summed E-state index contributed by atoms with van der Waals surface area (Å²) in [4.78, 5) is 0. The molecule has 1 aromatic carbocycles. The molecule has 0 amide bonds. The van der Waals surface area contributed by atoms with Gasteiger partial charge in [-0.05, 0) is 114 Å². The van der Waals surface area contributed by atoms with Gasteiger partial charge in [0.1, 0.15) is 11.5 Å². The summed E-state index contributed by atoms with van der Waals surface area (Å²) >= 11 is 0. The minimum absolute atomic E-state index is 0.329. The van der Waals surface area contributed by atoms with Gasteiger partial charge < -0.3 is 14.9 Å². The van der Waals surface area contributed by atoms with Crippen molar-refractivity contribution in [3.63, 3.8) is 0 Å². The number of aromatic hydroxyl groups is 2. The van der Waals surface area contributed by atoms with Crippen LogP contribution in [0.5, 0.6) is 11.5 Å². The standard InChI is InChI=1S/C29H44O3/c1-20(10-7-11-21(2)14-9-15-26-18-32-19-26)12-8-13-22(3)16-17-27-25(6)28(30)23(4)24(5)29(27)31/h11-12,15,22,30-31H,7-10,13-14,16-19H2,1-6H3/b20-12+,21-11+/t22-/m0/s1. The van der Waals surface area contributed by atoms with Crippen molar-refractivity contribution in [2.75, 3.05) is 13.2 Å². The van der Waals surface area contributed by atoms with Crippen LogP contribution in [0.2, 0.25) is 0 Å². The summed E-state index contributed by atoms with van der Waals surface area (Å²) < 4.78 is 5.18. The van der Waals surface area contributed by atoms with Gasteiger partial charge in [0.15, 0.2) is 0 Å². The van der Waals surface area contributed by atoms with E-state index >= 15 is 0 Å². The normalized spacial score (nSPS) is 15.6. The lowest BCUT2D eigenvalue weighted by Gasteiger charge is -2.17. The van der Waals surface area contributed by atoms with Gasteiger partial charge in [0, 0.05) is 5.56 Å². The van der Waals surface area contributed by atoms with Crippen LogP contribution in [-0.2, 0) is 11.2 Å². The highest BCUT2D eigenvalue weighted by Gasteiger charge is 2.16. The molecule has 1 heterocycles. The molecule has 3 heteroatoms. The zero-order valence-corrected chi connectivity index (χ0v) is 21.2. The molecule has 1 aliphatic rings. The summed E-state index contributed by atoms with van der Waals surface area (Å²) in [5, 5.41) is 20.8. The van der Waals surface area contributed by atoms with Crippen LogP contribution in [0, 0.1) is 26.7 Å². The van der Waals surface area contributed by atoms with E-state index in [2.05, 4.69) is 39.0 Å². The van der Waals surface area contributed by atoms with Crippen LogP contribution in [0.25, 0.3) is 0 Å². The average molecular weight is 441 g/mol. The second kappa shape index (κ2) is 12.9. The Morgan fingerprint density at radius 3 is 2.06 bits per heavy atom. The first-order valence-corrected chi connectivity index (χ1v) is 12.3. The number of rotatable bonds is 12. The van der Waals surface area contributed by atoms with Gasteiger partial charge >= 0.3 is 0 Å². The van der Waals surface area contributed by atoms with E-state index in [1.807, 2.05) is 20.8 Å². The van der Waals surface area contributed by atoms with Crippen LogP contribution in [0.3, 0.4) is 0 Å². The second-order valence-electron chi connectivity index (χ2n) is 9.81. The topological polar surface area (TPSA) is 49.7 Å². The highest BCUT2D eigenvalue weighted by molar-refractivity contribution is 5.56. The highest BCUT2D eigenvalue weighted by atomic mass is 16.5. The molecule has 3 nitrogen and oxygen atoms in total. The summed E-state index contributed by atoms with van der Waals surface area (Å²) in [7, 11) is 0. The first kappa shape index (κ1) is 26.3. The number of phenolic OH excluding ortho intramolecular Hbond substituents is 2. The minimum atomic E-state index is 0.329. The van der Waals surface area contributed by atoms with Crippen molar-refractivity contribution in [1.82, 2.24) is 0 Å². The van der Waals surface area contributed by atoms with E-state index in [9.17, 15) is 10.2 Å². The maximum Gasteiger partial charge on any atom is 0.122 e. The average Bonchev–Trinajstić information content (AvgIpc) is 2.72. The van der Waals surface area contributed by atoms with Crippen LogP contribution in [-0.4, -0.2) is 23.4 Å². The van der Waals surface area contributed by atoms with E-state index in [0.717, 1.165) is 86.8 Å². The van der Waals surface area contributed by atoms with Gasteiger partial charge in [0.05, 0.1) is 13.2 Å². The number of phenols is 2. The molecule has 0 bridgehead atoms. The summed E-state index contributed by atoms with van der Waals surface area (Å²) in [6, 6.07) is 0. The van der Waals surface area contributed by atoms with E-state index in [1.165, 1.54) is 16.7 Å². The Labute approximate surface area is 195 Å². The Hall–Kier alpha value is -2.00. The predicted octanol–water partition coefficient (Wildman–Crippen LogP) is 7.78. The fourth-order valence-electron chi connectivity index (χ4n) is 4.23. The number of hydrogen-bond donors (Lipinski definition) is 2. The Kier molecular flexibility index (Phi) is 10.6. The van der Waals surface area contributed by atoms with Gasteiger partial charge in [-0.3, -0.25) is 0 Å². The van der Waals surface area contributed by atoms with Gasteiger partial charge in [-0.2, -0.15) is 0 Å². The molecular formula is C29H44O3. The van der Waals surface area contributed by atoms with Crippen LogP contribution in [0.1, 0.15) is 88.0 Å². The first-order valence-electron chi connectivity index (χ1n) is 12.3. The molecule has 1 aliphatic heterocycles. The SMILES string of the molecule is C/C(=C\CC/C(C)=C/CC[C@H](C)CCc1c(C)c(O)c(C)c(C)c1O)CCC=C1COC1. The molecule has 0 aliphatic carbocycles. The Bertz CT molecular complexity index is 823. The van der Waals surface area contributed by atoms with Crippen LogP contribution >= 0.6 is 0 Å². The maximum absolute atomic E-state index is 10.5. The molecule has 1 fully saturated rings. The van der Waals surface area contributed by atoms with Crippen LogP contribution in [0.15, 0.2) is 34.9 Å². The third-order valence-electron chi connectivity index (χ3n) is 6.98. The summed E-state index contributed by atoms with van der Waals surface area (Å²) in [5.41, 5.74) is 7.72. The number of ether oxygens (including phenoxy) is 1. The van der Waals surface area contributed by atoms with Crippen molar-refractivity contribution in [2.45, 2.75) is 92.9 Å². The molecule has 1 aromatic rings. The zero-order valence-electron chi connectivity index (χ0n) is 21.2. The first-order chi connectivity index (χ1) is 15.2.